The first-order valence-electron chi connectivity index (χ1n) is 10.0. The van der Waals surface area contributed by atoms with E-state index in [9.17, 15) is 19.5 Å². The fourth-order valence-corrected chi connectivity index (χ4v) is 5.26. The summed E-state index contributed by atoms with van der Waals surface area (Å²) in [6.45, 7) is 3.05. The zero-order valence-corrected chi connectivity index (χ0v) is 20.6. The minimum atomic E-state index is -1.09. The maximum absolute atomic E-state index is 13.2. The first kappa shape index (κ1) is 23.9. The number of rotatable bonds is 5. The van der Waals surface area contributed by atoms with Gasteiger partial charge in [-0.3, -0.25) is 19.3 Å². The molecular formula is C24H18Cl2N2O5S. The highest BCUT2D eigenvalue weighted by Gasteiger charge is 2.49. The number of thiazole rings is 1. The van der Waals surface area contributed by atoms with Gasteiger partial charge in [0, 0.05) is 22.5 Å². The molecule has 1 saturated heterocycles. The lowest BCUT2D eigenvalue weighted by atomic mass is 9.95. The Morgan fingerprint density at radius 1 is 1.15 bits per heavy atom. The quantitative estimate of drug-likeness (QED) is 0.205. The minimum absolute atomic E-state index is 0.148. The van der Waals surface area contributed by atoms with Gasteiger partial charge in [-0.1, -0.05) is 40.6 Å². The van der Waals surface area contributed by atoms with Gasteiger partial charge < -0.3 is 9.84 Å². The number of benzene rings is 2. The van der Waals surface area contributed by atoms with E-state index in [1.165, 1.54) is 20.1 Å². The van der Waals surface area contributed by atoms with E-state index >= 15 is 0 Å². The monoisotopic (exact) mass is 516 g/mol. The molecule has 0 saturated carbocycles. The number of nitrogens with zero attached hydrogens (tertiary/aromatic N) is 2. The number of hydrogen-bond donors (Lipinski definition) is 1. The van der Waals surface area contributed by atoms with E-state index in [0.717, 1.165) is 16.2 Å². The summed E-state index contributed by atoms with van der Waals surface area (Å²) in [4.78, 5) is 44.4. The molecule has 0 aliphatic carbocycles. The first-order valence-corrected chi connectivity index (χ1v) is 11.6. The molecule has 1 N–H and O–H groups in total. The predicted octanol–water partition coefficient (Wildman–Crippen LogP) is 5.60. The summed E-state index contributed by atoms with van der Waals surface area (Å²) in [6, 6.07) is 9.95. The number of amides is 1. The molecule has 2 aromatic carbocycles. The van der Waals surface area contributed by atoms with E-state index in [0.29, 0.717) is 32.5 Å². The topological polar surface area (TPSA) is 96.8 Å². The fraction of sp³-hybridized carbons (Fsp3) is 0.167. The largest absolute Gasteiger partial charge is 0.507 e. The van der Waals surface area contributed by atoms with Crippen LogP contribution >= 0.6 is 34.5 Å². The third-order valence-corrected chi connectivity index (χ3v) is 7.20. The van der Waals surface area contributed by atoms with Gasteiger partial charge in [0.15, 0.2) is 10.9 Å². The molecule has 1 aromatic heterocycles. The van der Waals surface area contributed by atoms with E-state index in [2.05, 4.69) is 4.98 Å². The van der Waals surface area contributed by atoms with Gasteiger partial charge in [0.25, 0.3) is 5.78 Å². The highest BCUT2D eigenvalue weighted by molar-refractivity contribution is 7.18. The number of ketones is 2. The summed E-state index contributed by atoms with van der Waals surface area (Å²) in [5.74, 6) is -1.82. The molecule has 0 radical (unpaired) electrons. The predicted molar refractivity (Wildman–Crippen MR) is 131 cm³/mol. The molecule has 1 atom stereocenters. The van der Waals surface area contributed by atoms with E-state index in [1.807, 2.05) is 0 Å². The number of aliphatic hydroxyl groups is 1. The second kappa shape index (κ2) is 9.21. The van der Waals surface area contributed by atoms with Crippen molar-refractivity contribution in [3.8, 4) is 5.75 Å². The number of carbonyl (C=O) groups is 3. The summed E-state index contributed by atoms with van der Waals surface area (Å²) in [5.41, 5.74) is 0.966. The van der Waals surface area contributed by atoms with Gasteiger partial charge in [0.05, 0.1) is 29.3 Å². The number of methoxy groups -OCH3 is 1. The fourth-order valence-electron chi connectivity index (χ4n) is 3.76. The average Bonchev–Trinajstić information content (AvgIpc) is 3.30. The van der Waals surface area contributed by atoms with Crippen molar-refractivity contribution in [1.29, 1.82) is 0 Å². The van der Waals surface area contributed by atoms with Crippen LogP contribution in [0, 0.1) is 6.92 Å². The van der Waals surface area contributed by atoms with Crippen LogP contribution in [0.4, 0.5) is 5.13 Å². The van der Waals surface area contributed by atoms with Crippen molar-refractivity contribution in [1.82, 2.24) is 4.98 Å². The van der Waals surface area contributed by atoms with Gasteiger partial charge in [0.1, 0.15) is 11.5 Å². The second-order valence-corrected chi connectivity index (χ2v) is 9.35. The molecule has 1 fully saturated rings. The molecule has 10 heteroatoms. The third-order valence-electron chi connectivity index (χ3n) is 5.38. The average molecular weight is 517 g/mol. The number of aliphatic hydroxyl groups excluding tert-OH is 1. The Balaban J connectivity index is 1.96. The Morgan fingerprint density at radius 3 is 2.38 bits per heavy atom. The minimum Gasteiger partial charge on any atom is -0.507 e. The molecule has 7 nitrogen and oxygen atoms in total. The number of aromatic nitrogens is 1. The van der Waals surface area contributed by atoms with Crippen molar-refractivity contribution in [2.24, 2.45) is 0 Å². The summed E-state index contributed by atoms with van der Waals surface area (Å²) in [7, 11) is 1.51. The van der Waals surface area contributed by atoms with Crippen LogP contribution in [0.2, 0.25) is 10.0 Å². The van der Waals surface area contributed by atoms with Crippen LogP contribution in [0.5, 0.6) is 5.75 Å². The van der Waals surface area contributed by atoms with Crippen LogP contribution in [0.25, 0.3) is 5.76 Å². The van der Waals surface area contributed by atoms with Crippen molar-refractivity contribution in [3.63, 3.8) is 0 Å². The second-order valence-electron chi connectivity index (χ2n) is 7.53. The number of ether oxygens (including phenoxy) is 1. The number of anilines is 1. The van der Waals surface area contributed by atoms with Gasteiger partial charge in [-0.05, 0) is 48.9 Å². The van der Waals surface area contributed by atoms with Crippen molar-refractivity contribution in [2.75, 3.05) is 12.0 Å². The van der Waals surface area contributed by atoms with Gasteiger partial charge in [-0.2, -0.15) is 0 Å². The molecule has 1 amide bonds. The Kier molecular flexibility index (Phi) is 6.49. The van der Waals surface area contributed by atoms with Crippen LogP contribution < -0.4 is 9.64 Å². The Hall–Kier alpha value is -3.20. The van der Waals surface area contributed by atoms with Gasteiger partial charge >= 0.3 is 5.91 Å². The van der Waals surface area contributed by atoms with Crippen LogP contribution in [0.1, 0.15) is 39.5 Å². The smallest absolute Gasteiger partial charge is 0.301 e. The number of halogens is 2. The van der Waals surface area contributed by atoms with Gasteiger partial charge in [-0.15, -0.1) is 0 Å². The molecule has 1 aliphatic rings. The van der Waals surface area contributed by atoms with Crippen molar-refractivity contribution >= 4 is 62.9 Å². The lowest BCUT2D eigenvalue weighted by molar-refractivity contribution is -0.132. The maximum atomic E-state index is 13.2. The van der Waals surface area contributed by atoms with E-state index in [1.54, 1.807) is 43.3 Å². The molecule has 0 bridgehead atoms. The molecule has 3 aromatic rings. The van der Waals surface area contributed by atoms with Crippen LogP contribution in [0.15, 0.2) is 48.0 Å². The molecule has 0 spiro atoms. The lowest BCUT2D eigenvalue weighted by Gasteiger charge is -2.24. The SMILES string of the molecule is COc1ccc(C(O)=C2C(=O)C(=O)N(c3nc(C)c(C(C)=O)s3)[C@@H]2c2ccc(Cl)cc2Cl)cc1. The molecule has 2 heterocycles. The molecule has 4 rings (SSSR count). The summed E-state index contributed by atoms with van der Waals surface area (Å²) >= 11 is 13.5. The molecular weight excluding hydrogens is 499 g/mol. The Labute approximate surface area is 209 Å². The normalized spacial score (nSPS) is 17.3. The Bertz CT molecular complexity index is 1360. The highest BCUT2D eigenvalue weighted by atomic mass is 35.5. The van der Waals surface area contributed by atoms with Crippen molar-refractivity contribution < 1.29 is 24.2 Å². The zero-order valence-electron chi connectivity index (χ0n) is 18.3. The van der Waals surface area contributed by atoms with Crippen LogP contribution in [0.3, 0.4) is 0 Å². The van der Waals surface area contributed by atoms with Crippen molar-refractivity contribution in [2.45, 2.75) is 19.9 Å². The van der Waals surface area contributed by atoms with E-state index < -0.39 is 17.7 Å². The summed E-state index contributed by atoms with van der Waals surface area (Å²) in [6.07, 6.45) is 0. The third kappa shape index (κ3) is 4.09. The summed E-state index contributed by atoms with van der Waals surface area (Å²) < 4.78 is 5.15. The number of carbonyl (C=O) groups excluding carboxylic acids is 3. The van der Waals surface area contributed by atoms with E-state index in [4.69, 9.17) is 27.9 Å². The summed E-state index contributed by atoms with van der Waals surface area (Å²) in [5, 5.41) is 11.9. The van der Waals surface area contributed by atoms with Gasteiger partial charge in [-0.25, -0.2) is 4.98 Å². The maximum Gasteiger partial charge on any atom is 0.301 e. The first-order chi connectivity index (χ1) is 16.1. The van der Waals surface area contributed by atoms with Crippen LogP contribution in [-0.4, -0.2) is 34.7 Å². The Morgan fingerprint density at radius 2 is 1.82 bits per heavy atom. The lowest BCUT2D eigenvalue weighted by Crippen LogP contribution is -2.29. The molecule has 34 heavy (non-hydrogen) atoms. The zero-order chi connectivity index (χ0) is 24.7. The molecule has 174 valence electrons. The van der Waals surface area contributed by atoms with Crippen molar-refractivity contribution in [3.05, 3.63) is 79.8 Å². The highest BCUT2D eigenvalue weighted by Crippen LogP contribution is 2.46. The van der Waals surface area contributed by atoms with Crippen LogP contribution in [-0.2, 0) is 9.59 Å². The number of aryl methyl sites for hydroxylation is 1. The van der Waals surface area contributed by atoms with Gasteiger partial charge in [0.2, 0.25) is 0 Å². The molecule has 1 aliphatic heterocycles. The number of hydrogen-bond acceptors (Lipinski definition) is 7. The van der Waals surface area contributed by atoms with E-state index in [-0.39, 0.29) is 27.3 Å². The standard InChI is InChI=1S/C24H18Cl2N2O5S/c1-11-22(12(2)29)34-24(27-11)28-19(16-9-6-14(25)10-17(16)26)18(21(31)23(28)32)20(30)13-4-7-15(33-3)8-5-13/h4-10,19,30H,1-3H3/t19-/m1/s1. The molecule has 0 unspecified atom stereocenters. The number of Topliss-reactive ketones (excluding diaryl/α,β-unsaturated/α-hetero) is 2.